The van der Waals surface area contributed by atoms with Crippen molar-refractivity contribution < 1.29 is 9.53 Å². The molecule has 0 rings (SSSR count). The normalized spacial score (nSPS) is 14.1. The molecular weight excluding hydrogens is 154 g/mol. The van der Waals surface area contributed by atoms with E-state index in [0.717, 1.165) is 6.42 Å². The Labute approximate surface area is 74.5 Å². The first-order valence-corrected chi connectivity index (χ1v) is 4.23. The second-order valence-corrected chi connectivity index (χ2v) is 3.76. The molecule has 0 bridgehead atoms. The molecule has 0 aliphatic rings. The van der Waals surface area contributed by atoms with Gasteiger partial charge in [-0.2, -0.15) is 0 Å². The zero-order chi connectivity index (χ0) is 9.78. The maximum absolute atomic E-state index is 10.6. The third kappa shape index (κ3) is 5.13. The van der Waals surface area contributed by atoms with Crippen molar-refractivity contribution in [1.29, 1.82) is 0 Å². The molecule has 0 amide bonds. The summed E-state index contributed by atoms with van der Waals surface area (Å²) in [7, 11) is 1.90. The number of carbonyl (C=O) groups excluding carboxylic acids is 1. The molecule has 1 atom stereocenters. The molecule has 0 aromatic heterocycles. The first kappa shape index (κ1) is 11.4. The first-order chi connectivity index (χ1) is 5.37. The molecule has 72 valence electrons. The van der Waals surface area contributed by atoms with Gasteiger partial charge in [-0.25, -0.2) is 0 Å². The molecule has 0 aliphatic heterocycles. The Morgan fingerprint density at radius 3 is 2.42 bits per heavy atom. The average Bonchev–Trinajstić information content (AvgIpc) is 1.84. The number of hydrogen-bond donors (Lipinski definition) is 1. The number of rotatable bonds is 4. The van der Waals surface area contributed by atoms with E-state index in [1.54, 1.807) is 0 Å². The van der Waals surface area contributed by atoms with Gasteiger partial charge in [0.1, 0.15) is 6.10 Å². The van der Waals surface area contributed by atoms with Gasteiger partial charge in [-0.3, -0.25) is 4.79 Å². The summed E-state index contributed by atoms with van der Waals surface area (Å²) in [5.74, 6) is -0.214. The molecule has 0 aromatic carbocycles. The maximum atomic E-state index is 10.6. The number of ether oxygens (including phenoxy) is 1. The lowest BCUT2D eigenvalue weighted by Gasteiger charge is -2.27. The zero-order valence-corrected chi connectivity index (χ0v) is 8.60. The van der Waals surface area contributed by atoms with Crippen LogP contribution in [-0.4, -0.2) is 24.7 Å². The van der Waals surface area contributed by atoms with Crippen molar-refractivity contribution in [2.45, 2.75) is 45.8 Å². The minimum Gasteiger partial charge on any atom is -0.463 e. The van der Waals surface area contributed by atoms with Gasteiger partial charge in [0.2, 0.25) is 0 Å². The Bertz CT molecular complexity index is 155. The summed E-state index contributed by atoms with van der Waals surface area (Å²) in [5, 5.41) is 3.15. The summed E-state index contributed by atoms with van der Waals surface area (Å²) in [5.41, 5.74) is 0.0227. The molecule has 1 unspecified atom stereocenters. The van der Waals surface area contributed by atoms with Crippen LogP contribution in [-0.2, 0) is 9.53 Å². The Morgan fingerprint density at radius 1 is 1.58 bits per heavy atom. The molecule has 3 nitrogen and oxygen atoms in total. The summed E-state index contributed by atoms with van der Waals surface area (Å²) in [6.45, 7) is 7.49. The number of hydrogen-bond acceptors (Lipinski definition) is 3. The molecule has 0 fully saturated rings. The van der Waals surface area contributed by atoms with Crippen LogP contribution in [0.25, 0.3) is 0 Å². The highest BCUT2D eigenvalue weighted by molar-refractivity contribution is 5.66. The van der Waals surface area contributed by atoms with Crippen LogP contribution in [0.3, 0.4) is 0 Å². The van der Waals surface area contributed by atoms with E-state index in [0.29, 0.717) is 0 Å². The van der Waals surface area contributed by atoms with E-state index in [-0.39, 0.29) is 17.6 Å². The zero-order valence-electron chi connectivity index (χ0n) is 8.60. The van der Waals surface area contributed by atoms with Crippen molar-refractivity contribution in [1.82, 2.24) is 5.32 Å². The Kier molecular flexibility index (Phi) is 4.24. The average molecular weight is 173 g/mol. The lowest BCUT2D eigenvalue weighted by Crippen LogP contribution is -2.39. The van der Waals surface area contributed by atoms with E-state index < -0.39 is 0 Å². The van der Waals surface area contributed by atoms with Gasteiger partial charge in [0, 0.05) is 18.9 Å². The summed E-state index contributed by atoms with van der Waals surface area (Å²) < 4.78 is 5.01. The van der Waals surface area contributed by atoms with Gasteiger partial charge in [0.15, 0.2) is 0 Å². The monoisotopic (exact) mass is 173 g/mol. The first-order valence-electron chi connectivity index (χ1n) is 4.23. The van der Waals surface area contributed by atoms with E-state index >= 15 is 0 Å². The molecule has 3 heteroatoms. The van der Waals surface area contributed by atoms with Crippen molar-refractivity contribution in [2.24, 2.45) is 0 Å². The number of carbonyl (C=O) groups is 1. The predicted molar refractivity (Wildman–Crippen MR) is 49.0 cm³/mol. The maximum Gasteiger partial charge on any atom is 0.302 e. The van der Waals surface area contributed by atoms with Crippen molar-refractivity contribution in [2.75, 3.05) is 7.05 Å². The van der Waals surface area contributed by atoms with E-state index in [1.165, 1.54) is 6.92 Å². The van der Waals surface area contributed by atoms with E-state index in [4.69, 9.17) is 4.74 Å². The van der Waals surface area contributed by atoms with Crippen molar-refractivity contribution >= 4 is 5.97 Å². The molecule has 1 N–H and O–H groups in total. The fourth-order valence-corrected chi connectivity index (χ4v) is 1.15. The molecule has 12 heavy (non-hydrogen) atoms. The van der Waals surface area contributed by atoms with Gasteiger partial charge < -0.3 is 10.1 Å². The molecule has 0 spiro atoms. The predicted octanol–water partition coefficient (Wildman–Crippen LogP) is 1.33. The lowest BCUT2D eigenvalue weighted by molar-refractivity contribution is -0.146. The Balaban J connectivity index is 3.83. The molecule has 0 saturated carbocycles. The molecule has 0 saturated heterocycles. The van der Waals surface area contributed by atoms with Crippen LogP contribution in [0, 0.1) is 0 Å². The smallest absolute Gasteiger partial charge is 0.302 e. The van der Waals surface area contributed by atoms with Crippen LogP contribution in [0.2, 0.25) is 0 Å². The minimum absolute atomic E-state index is 0.0227. The quantitative estimate of drug-likeness (QED) is 0.652. The SMILES string of the molecule is CNC(C)(C)CC(C)OC(C)=O. The highest BCUT2D eigenvalue weighted by Gasteiger charge is 2.19. The van der Waals surface area contributed by atoms with Crippen molar-refractivity contribution in [3.05, 3.63) is 0 Å². The topological polar surface area (TPSA) is 38.3 Å². The van der Waals surface area contributed by atoms with Crippen LogP contribution >= 0.6 is 0 Å². The second-order valence-electron chi connectivity index (χ2n) is 3.76. The highest BCUT2D eigenvalue weighted by atomic mass is 16.5. The van der Waals surface area contributed by atoms with Crippen LogP contribution in [0.1, 0.15) is 34.1 Å². The third-order valence-corrected chi connectivity index (χ3v) is 1.84. The largest absolute Gasteiger partial charge is 0.463 e. The van der Waals surface area contributed by atoms with E-state index in [2.05, 4.69) is 19.2 Å². The highest BCUT2D eigenvalue weighted by Crippen LogP contribution is 2.12. The van der Waals surface area contributed by atoms with Crippen LogP contribution in [0.15, 0.2) is 0 Å². The van der Waals surface area contributed by atoms with E-state index in [9.17, 15) is 4.79 Å². The molecule has 0 aromatic rings. The lowest BCUT2D eigenvalue weighted by atomic mass is 9.98. The Hall–Kier alpha value is -0.570. The Morgan fingerprint density at radius 2 is 2.08 bits per heavy atom. The molecule has 0 heterocycles. The van der Waals surface area contributed by atoms with Gasteiger partial charge in [-0.1, -0.05) is 0 Å². The molecular formula is C9H19NO2. The van der Waals surface area contributed by atoms with Crippen LogP contribution in [0.4, 0.5) is 0 Å². The van der Waals surface area contributed by atoms with Crippen molar-refractivity contribution in [3.63, 3.8) is 0 Å². The minimum atomic E-state index is -0.214. The van der Waals surface area contributed by atoms with Crippen LogP contribution < -0.4 is 5.32 Å². The van der Waals surface area contributed by atoms with Gasteiger partial charge in [0.25, 0.3) is 0 Å². The van der Waals surface area contributed by atoms with Gasteiger partial charge in [-0.05, 0) is 27.8 Å². The molecule has 0 radical (unpaired) electrons. The third-order valence-electron chi connectivity index (χ3n) is 1.84. The fraction of sp³-hybridized carbons (Fsp3) is 0.889. The van der Waals surface area contributed by atoms with Gasteiger partial charge >= 0.3 is 5.97 Å². The standard InChI is InChI=1S/C9H19NO2/c1-7(12-8(2)11)6-9(3,4)10-5/h7,10H,6H2,1-5H3. The van der Waals surface area contributed by atoms with Crippen molar-refractivity contribution in [3.8, 4) is 0 Å². The number of esters is 1. The second kappa shape index (κ2) is 4.45. The van der Waals surface area contributed by atoms with E-state index in [1.807, 2.05) is 14.0 Å². The number of nitrogens with one attached hydrogen (secondary N) is 1. The summed E-state index contributed by atoms with van der Waals surface area (Å²) in [4.78, 5) is 10.6. The molecule has 0 aliphatic carbocycles. The summed E-state index contributed by atoms with van der Waals surface area (Å²) >= 11 is 0. The summed E-state index contributed by atoms with van der Waals surface area (Å²) in [6.07, 6.45) is 0.799. The van der Waals surface area contributed by atoms with Gasteiger partial charge in [0.05, 0.1) is 0 Å². The van der Waals surface area contributed by atoms with Gasteiger partial charge in [-0.15, -0.1) is 0 Å². The van der Waals surface area contributed by atoms with Crippen LogP contribution in [0.5, 0.6) is 0 Å². The summed E-state index contributed by atoms with van der Waals surface area (Å²) in [6, 6.07) is 0. The fourth-order valence-electron chi connectivity index (χ4n) is 1.15.